The second-order valence-electron chi connectivity index (χ2n) is 1.10. The molecule has 0 aliphatic carbocycles. The molecule has 0 saturated heterocycles. The maximum absolute atomic E-state index is 5.41. The molecule has 0 amide bonds. The van der Waals surface area contributed by atoms with Gasteiger partial charge in [-0.3, -0.25) is 0 Å². The van der Waals surface area contributed by atoms with Crippen LogP contribution in [-0.2, 0) is 0 Å². The number of hydrogen-bond acceptors (Lipinski definition) is 2. The van der Waals surface area contributed by atoms with Crippen LogP contribution in [-0.4, -0.2) is 5.16 Å². The van der Waals surface area contributed by atoms with Gasteiger partial charge in [0.15, 0.2) is 5.76 Å². The van der Waals surface area contributed by atoms with Gasteiger partial charge in [-0.05, 0) is 0 Å². The van der Waals surface area contributed by atoms with Crippen LogP contribution in [0.2, 0.25) is 5.02 Å². The quantitative estimate of drug-likeness (QED) is 0.514. The van der Waals surface area contributed by atoms with Gasteiger partial charge in [-0.1, -0.05) is 16.8 Å². The summed E-state index contributed by atoms with van der Waals surface area (Å²) in [5.74, 6) is 0.418. The summed E-state index contributed by atoms with van der Waals surface area (Å²) in [7, 11) is 0. The van der Waals surface area contributed by atoms with Crippen molar-refractivity contribution in [1.29, 1.82) is 0 Å². The minimum atomic E-state index is 0.418. The molecule has 2 nitrogen and oxygen atoms in total. The minimum Gasteiger partial charge on any atom is -0.360 e. The largest absolute Gasteiger partial charge is 0.360 e. The zero-order chi connectivity index (χ0) is 5.28. The Hall–Kier alpha value is -0.500. The lowest BCUT2D eigenvalue weighted by Crippen LogP contribution is -1.56. The van der Waals surface area contributed by atoms with Gasteiger partial charge in [0, 0.05) is 6.92 Å². The van der Waals surface area contributed by atoms with Crippen molar-refractivity contribution in [3.8, 4) is 0 Å². The number of nitrogens with zero attached hydrogens (tertiary/aromatic N) is 1. The second-order valence-corrected chi connectivity index (χ2v) is 1.50. The lowest BCUT2D eigenvalue weighted by Gasteiger charge is -1.72. The molecule has 0 spiro atoms. The van der Waals surface area contributed by atoms with Crippen LogP contribution in [0.1, 0.15) is 5.76 Å². The second kappa shape index (κ2) is 1.54. The predicted molar refractivity (Wildman–Crippen MR) is 26.0 cm³/mol. The molecular weight excluding hydrogens is 114 g/mol. The van der Waals surface area contributed by atoms with Crippen molar-refractivity contribution in [3.63, 3.8) is 0 Å². The fourth-order valence-electron chi connectivity index (χ4n) is 0.252. The van der Waals surface area contributed by atoms with Gasteiger partial charge in [-0.15, -0.1) is 0 Å². The van der Waals surface area contributed by atoms with E-state index in [1.165, 1.54) is 6.20 Å². The number of hydrogen-bond donors (Lipinski definition) is 0. The van der Waals surface area contributed by atoms with Gasteiger partial charge in [-0.2, -0.15) is 0 Å². The molecule has 1 heterocycles. The van der Waals surface area contributed by atoms with E-state index < -0.39 is 0 Å². The fraction of sp³-hybridized carbons (Fsp3) is 0. The van der Waals surface area contributed by atoms with Gasteiger partial charge in [0.2, 0.25) is 0 Å². The summed E-state index contributed by atoms with van der Waals surface area (Å²) in [6.07, 6.45) is 1.41. The molecule has 0 aliphatic rings. The summed E-state index contributed by atoms with van der Waals surface area (Å²) >= 11 is 5.41. The van der Waals surface area contributed by atoms with Crippen LogP contribution in [0.5, 0.6) is 0 Å². The third-order valence-corrected chi connectivity index (χ3v) is 0.904. The van der Waals surface area contributed by atoms with Crippen LogP contribution in [0.3, 0.4) is 0 Å². The number of rotatable bonds is 0. The highest BCUT2D eigenvalue weighted by molar-refractivity contribution is 6.31. The van der Waals surface area contributed by atoms with E-state index >= 15 is 0 Å². The summed E-state index contributed by atoms with van der Waals surface area (Å²) < 4.78 is 4.47. The van der Waals surface area contributed by atoms with E-state index in [-0.39, 0.29) is 0 Å². The van der Waals surface area contributed by atoms with E-state index in [1.807, 2.05) is 0 Å². The van der Waals surface area contributed by atoms with Crippen molar-refractivity contribution < 1.29 is 4.52 Å². The van der Waals surface area contributed by atoms with Crippen LogP contribution >= 0.6 is 11.6 Å². The van der Waals surface area contributed by atoms with E-state index in [0.29, 0.717) is 10.8 Å². The summed E-state index contributed by atoms with van der Waals surface area (Å²) in [5, 5.41) is 3.82. The lowest BCUT2D eigenvalue weighted by atomic mass is 10.5. The molecule has 0 N–H and O–H groups in total. The Bertz CT molecular complexity index is 144. The van der Waals surface area contributed by atoms with Crippen LogP contribution in [0.4, 0.5) is 0 Å². The minimum absolute atomic E-state index is 0.418. The van der Waals surface area contributed by atoms with Crippen LogP contribution in [0.15, 0.2) is 10.7 Å². The Morgan fingerprint density at radius 1 is 1.86 bits per heavy atom. The lowest BCUT2D eigenvalue weighted by molar-refractivity contribution is 0.407. The standard InChI is InChI=1S/C4H3ClNO/c1-3-4(5)2-6-7-3/h2H,1H2. The number of halogens is 1. The first-order valence-electron chi connectivity index (χ1n) is 1.73. The van der Waals surface area contributed by atoms with Crippen LogP contribution in [0.25, 0.3) is 0 Å². The topological polar surface area (TPSA) is 26.0 Å². The molecule has 7 heavy (non-hydrogen) atoms. The average molecular weight is 117 g/mol. The molecule has 0 fully saturated rings. The highest BCUT2D eigenvalue weighted by atomic mass is 35.5. The molecule has 1 rings (SSSR count). The first-order chi connectivity index (χ1) is 3.30. The van der Waals surface area contributed by atoms with Crippen molar-refractivity contribution in [1.82, 2.24) is 5.16 Å². The first kappa shape index (κ1) is 4.65. The molecule has 0 saturated carbocycles. The van der Waals surface area contributed by atoms with Crippen molar-refractivity contribution in [3.05, 3.63) is 23.9 Å². The van der Waals surface area contributed by atoms with E-state index in [2.05, 4.69) is 16.6 Å². The highest BCUT2D eigenvalue weighted by Gasteiger charge is 1.94. The highest BCUT2D eigenvalue weighted by Crippen LogP contribution is 2.10. The predicted octanol–water partition coefficient (Wildman–Crippen LogP) is 1.51. The number of aromatic nitrogens is 1. The van der Waals surface area contributed by atoms with Crippen molar-refractivity contribution in [2.24, 2.45) is 0 Å². The fourth-order valence-corrected chi connectivity index (χ4v) is 0.326. The van der Waals surface area contributed by atoms with Gasteiger partial charge in [-0.25, -0.2) is 0 Å². The molecule has 37 valence electrons. The van der Waals surface area contributed by atoms with Gasteiger partial charge < -0.3 is 4.52 Å². The maximum Gasteiger partial charge on any atom is 0.155 e. The average Bonchev–Trinajstić information content (AvgIpc) is 1.91. The summed E-state index contributed by atoms with van der Waals surface area (Å²) in [6.45, 7) is 3.42. The third kappa shape index (κ3) is 0.747. The van der Waals surface area contributed by atoms with Gasteiger partial charge in [0.1, 0.15) is 5.02 Å². The Morgan fingerprint density at radius 3 is 2.71 bits per heavy atom. The van der Waals surface area contributed by atoms with E-state index in [0.717, 1.165) is 0 Å². The van der Waals surface area contributed by atoms with Crippen LogP contribution in [0, 0.1) is 6.92 Å². The molecule has 1 aromatic heterocycles. The van der Waals surface area contributed by atoms with Crippen LogP contribution < -0.4 is 0 Å². The molecule has 1 aromatic rings. The Kier molecular flexibility index (Phi) is 1.02. The van der Waals surface area contributed by atoms with Crippen molar-refractivity contribution in [2.75, 3.05) is 0 Å². The molecule has 0 aliphatic heterocycles. The summed E-state index contributed by atoms with van der Waals surface area (Å²) in [6, 6.07) is 0. The molecule has 0 atom stereocenters. The zero-order valence-corrected chi connectivity index (χ0v) is 4.27. The molecular formula is C4H3ClNO. The van der Waals surface area contributed by atoms with E-state index in [4.69, 9.17) is 11.6 Å². The molecule has 3 heteroatoms. The molecule has 1 radical (unpaired) electrons. The Labute approximate surface area is 46.1 Å². The molecule has 0 unspecified atom stereocenters. The first-order valence-corrected chi connectivity index (χ1v) is 2.10. The Balaban J connectivity index is 3.12. The SMILES string of the molecule is [CH2]c1oncc1Cl. The van der Waals surface area contributed by atoms with Gasteiger partial charge >= 0.3 is 0 Å². The summed E-state index contributed by atoms with van der Waals surface area (Å²) in [4.78, 5) is 0. The zero-order valence-electron chi connectivity index (χ0n) is 3.52. The molecule has 0 bridgehead atoms. The van der Waals surface area contributed by atoms with Crippen molar-refractivity contribution in [2.45, 2.75) is 0 Å². The normalized spacial score (nSPS) is 9.43. The van der Waals surface area contributed by atoms with Gasteiger partial charge in [0.05, 0.1) is 6.20 Å². The monoisotopic (exact) mass is 116 g/mol. The third-order valence-electron chi connectivity index (χ3n) is 0.595. The maximum atomic E-state index is 5.41. The Morgan fingerprint density at radius 2 is 2.57 bits per heavy atom. The van der Waals surface area contributed by atoms with Crippen molar-refractivity contribution >= 4 is 11.6 Å². The molecule has 0 aromatic carbocycles. The smallest absolute Gasteiger partial charge is 0.155 e. The van der Waals surface area contributed by atoms with Gasteiger partial charge in [0.25, 0.3) is 0 Å². The van der Waals surface area contributed by atoms with E-state index in [9.17, 15) is 0 Å². The van der Waals surface area contributed by atoms with E-state index in [1.54, 1.807) is 0 Å². The summed E-state index contributed by atoms with van der Waals surface area (Å²) in [5.41, 5.74) is 0.